The van der Waals surface area contributed by atoms with Gasteiger partial charge in [-0.25, -0.2) is 0 Å². The molecule has 1 amide bonds. The molecule has 1 aliphatic carbocycles. The Morgan fingerprint density at radius 1 is 1.17 bits per heavy atom. The Morgan fingerprint density at radius 3 is 2.48 bits per heavy atom. The lowest BCUT2D eigenvalue weighted by molar-refractivity contribution is -0.131. The molecule has 1 spiro atoms. The fourth-order valence-electron chi connectivity index (χ4n) is 4.55. The topological polar surface area (TPSA) is 26.8 Å². The van der Waals surface area contributed by atoms with Crippen molar-refractivity contribution in [3.63, 3.8) is 0 Å². The van der Waals surface area contributed by atoms with Crippen molar-refractivity contribution in [1.29, 1.82) is 0 Å². The fourth-order valence-corrected chi connectivity index (χ4v) is 4.55. The van der Waals surface area contributed by atoms with Crippen molar-refractivity contribution in [3.05, 3.63) is 24.9 Å². The lowest BCUT2D eigenvalue weighted by atomic mass is 9.64. The molecule has 3 fully saturated rings. The minimum absolute atomic E-state index is 0.365. The van der Waals surface area contributed by atoms with Gasteiger partial charge in [0.05, 0.1) is 0 Å². The van der Waals surface area contributed by atoms with Crippen LogP contribution in [0.3, 0.4) is 0 Å². The van der Waals surface area contributed by atoms with Crippen molar-refractivity contribution in [2.75, 3.05) is 39.3 Å². The molecule has 3 aliphatic rings. The van der Waals surface area contributed by atoms with Gasteiger partial charge >= 0.3 is 0 Å². The highest BCUT2D eigenvalue weighted by molar-refractivity contribution is 5.76. The summed E-state index contributed by atoms with van der Waals surface area (Å²) in [5.74, 6) is 0.365. The predicted octanol–water partition coefficient (Wildman–Crippen LogP) is 2.48. The van der Waals surface area contributed by atoms with Crippen LogP contribution in [-0.2, 0) is 4.79 Å². The highest BCUT2D eigenvalue weighted by atomic mass is 16.2. The number of carbonyl (C=O) groups excluding carboxylic acids is 1. The van der Waals surface area contributed by atoms with Crippen LogP contribution in [0.4, 0.5) is 0 Å². The Labute approximate surface area is 140 Å². The van der Waals surface area contributed by atoms with Crippen molar-refractivity contribution >= 4 is 5.91 Å². The van der Waals surface area contributed by atoms with E-state index in [2.05, 4.69) is 34.8 Å². The third-order valence-electron chi connectivity index (χ3n) is 6.06. The van der Waals surface area contributed by atoms with Crippen molar-refractivity contribution in [3.8, 4) is 0 Å². The van der Waals surface area contributed by atoms with Gasteiger partial charge in [-0.1, -0.05) is 20.1 Å². The molecule has 3 rings (SSSR count). The van der Waals surface area contributed by atoms with Gasteiger partial charge in [-0.15, -0.1) is 0 Å². The summed E-state index contributed by atoms with van der Waals surface area (Å²) >= 11 is 0. The van der Waals surface area contributed by atoms with E-state index in [0.29, 0.717) is 17.7 Å². The standard InChI is InChI=1S/C19H31N3O/c1-4-6-18(23)22-8-7-19(15-22)13-17(14-19)21-11-9-20(10-12-21)16(3)5-2/h5,17H,2-4,6-15H2,1H3. The summed E-state index contributed by atoms with van der Waals surface area (Å²) in [6, 6.07) is 0.732. The Bertz CT molecular complexity index is 473. The molecule has 4 nitrogen and oxygen atoms in total. The number of piperazine rings is 1. The number of hydrogen-bond acceptors (Lipinski definition) is 3. The minimum atomic E-state index is 0.365. The molecule has 1 saturated carbocycles. The van der Waals surface area contributed by atoms with E-state index < -0.39 is 0 Å². The Kier molecular flexibility index (Phi) is 4.81. The smallest absolute Gasteiger partial charge is 0.222 e. The van der Waals surface area contributed by atoms with Gasteiger partial charge in [-0.2, -0.15) is 0 Å². The average molecular weight is 317 g/mol. The first-order valence-electron chi connectivity index (χ1n) is 9.15. The summed E-state index contributed by atoms with van der Waals surface area (Å²) in [6.07, 6.45) is 7.32. The highest BCUT2D eigenvalue weighted by Crippen LogP contribution is 2.50. The van der Waals surface area contributed by atoms with Crippen LogP contribution in [0, 0.1) is 5.41 Å². The molecule has 128 valence electrons. The second-order valence-electron chi connectivity index (χ2n) is 7.60. The molecule has 0 unspecified atom stereocenters. The number of allylic oxidation sites excluding steroid dienone is 1. The molecule has 0 radical (unpaired) electrons. The normalized spacial score (nSPS) is 31.3. The molecular weight excluding hydrogens is 286 g/mol. The second-order valence-corrected chi connectivity index (χ2v) is 7.60. The molecule has 2 saturated heterocycles. The molecule has 0 aromatic heterocycles. The predicted molar refractivity (Wildman–Crippen MR) is 94.0 cm³/mol. The van der Waals surface area contributed by atoms with Gasteiger partial charge < -0.3 is 9.80 Å². The molecule has 0 N–H and O–H groups in total. The number of amides is 1. The second kappa shape index (κ2) is 6.68. The SMILES string of the molecule is C=CC(=C)N1CCN(C2CC3(CCN(C(=O)CCC)C3)C2)CC1. The summed E-state index contributed by atoms with van der Waals surface area (Å²) in [5, 5.41) is 0. The molecule has 2 aliphatic heterocycles. The molecule has 23 heavy (non-hydrogen) atoms. The largest absolute Gasteiger partial charge is 0.369 e. The molecule has 0 atom stereocenters. The Balaban J connectivity index is 1.44. The van der Waals surface area contributed by atoms with Gasteiger partial charge in [0.15, 0.2) is 0 Å². The van der Waals surface area contributed by atoms with Crippen LogP contribution >= 0.6 is 0 Å². The van der Waals surface area contributed by atoms with E-state index in [1.54, 1.807) is 0 Å². The summed E-state index contributed by atoms with van der Waals surface area (Å²) < 4.78 is 0. The van der Waals surface area contributed by atoms with Crippen molar-refractivity contribution < 1.29 is 4.79 Å². The van der Waals surface area contributed by atoms with E-state index in [1.165, 1.54) is 19.3 Å². The lowest BCUT2D eigenvalue weighted by Gasteiger charge is -2.52. The zero-order chi connectivity index (χ0) is 16.4. The highest BCUT2D eigenvalue weighted by Gasteiger charge is 2.50. The lowest BCUT2D eigenvalue weighted by Crippen LogP contribution is -2.57. The van der Waals surface area contributed by atoms with E-state index in [9.17, 15) is 4.79 Å². The van der Waals surface area contributed by atoms with Crippen LogP contribution < -0.4 is 0 Å². The van der Waals surface area contributed by atoms with Gasteiger partial charge in [0.25, 0.3) is 0 Å². The molecule has 2 heterocycles. The number of rotatable bonds is 5. The van der Waals surface area contributed by atoms with Crippen molar-refractivity contribution in [1.82, 2.24) is 14.7 Å². The number of nitrogens with zero attached hydrogens (tertiary/aromatic N) is 3. The van der Waals surface area contributed by atoms with E-state index in [4.69, 9.17) is 0 Å². The molecule has 0 aromatic carbocycles. The van der Waals surface area contributed by atoms with E-state index >= 15 is 0 Å². The quantitative estimate of drug-likeness (QED) is 0.729. The van der Waals surface area contributed by atoms with Crippen LogP contribution in [0.5, 0.6) is 0 Å². The Morgan fingerprint density at radius 2 is 1.87 bits per heavy atom. The number of hydrogen-bond donors (Lipinski definition) is 0. The molecular formula is C19H31N3O. The first kappa shape index (κ1) is 16.6. The summed E-state index contributed by atoms with van der Waals surface area (Å²) in [5.41, 5.74) is 1.49. The summed E-state index contributed by atoms with van der Waals surface area (Å²) in [7, 11) is 0. The number of likely N-dealkylation sites (tertiary alicyclic amines) is 1. The Hall–Kier alpha value is -1.29. The van der Waals surface area contributed by atoms with Crippen molar-refractivity contribution in [2.45, 2.75) is 45.1 Å². The third-order valence-corrected chi connectivity index (χ3v) is 6.06. The maximum absolute atomic E-state index is 12.1. The first-order valence-corrected chi connectivity index (χ1v) is 9.15. The van der Waals surface area contributed by atoms with Crippen LogP contribution in [0.2, 0.25) is 0 Å². The van der Waals surface area contributed by atoms with Crippen LogP contribution in [0.15, 0.2) is 24.9 Å². The van der Waals surface area contributed by atoms with E-state index in [0.717, 1.165) is 57.4 Å². The van der Waals surface area contributed by atoms with E-state index in [-0.39, 0.29) is 0 Å². The van der Waals surface area contributed by atoms with Gasteiger partial charge in [-0.05, 0) is 37.2 Å². The van der Waals surface area contributed by atoms with Gasteiger partial charge in [-0.3, -0.25) is 9.69 Å². The summed E-state index contributed by atoms with van der Waals surface area (Å²) in [6.45, 7) is 16.3. The fraction of sp³-hybridized carbons (Fsp3) is 0.737. The minimum Gasteiger partial charge on any atom is -0.369 e. The summed E-state index contributed by atoms with van der Waals surface area (Å²) in [4.78, 5) is 19.2. The average Bonchev–Trinajstić information content (AvgIpc) is 2.99. The first-order chi connectivity index (χ1) is 11.1. The maximum Gasteiger partial charge on any atom is 0.222 e. The van der Waals surface area contributed by atoms with E-state index in [1.807, 2.05) is 6.08 Å². The molecule has 0 aromatic rings. The van der Waals surface area contributed by atoms with Crippen LogP contribution in [0.25, 0.3) is 0 Å². The van der Waals surface area contributed by atoms with Gasteiger partial charge in [0.2, 0.25) is 5.91 Å². The molecule has 0 bridgehead atoms. The van der Waals surface area contributed by atoms with Crippen LogP contribution in [-0.4, -0.2) is 65.9 Å². The maximum atomic E-state index is 12.1. The monoisotopic (exact) mass is 317 g/mol. The zero-order valence-electron chi connectivity index (χ0n) is 14.6. The third kappa shape index (κ3) is 3.32. The molecule has 4 heteroatoms. The number of carbonyl (C=O) groups is 1. The van der Waals surface area contributed by atoms with Crippen molar-refractivity contribution in [2.24, 2.45) is 5.41 Å². The van der Waals surface area contributed by atoms with Crippen LogP contribution in [0.1, 0.15) is 39.0 Å². The zero-order valence-corrected chi connectivity index (χ0v) is 14.6. The van der Waals surface area contributed by atoms with Gasteiger partial charge in [0, 0.05) is 57.4 Å². The van der Waals surface area contributed by atoms with Gasteiger partial charge in [0.1, 0.15) is 0 Å².